The van der Waals surface area contributed by atoms with Gasteiger partial charge in [0.1, 0.15) is 0 Å². The summed E-state index contributed by atoms with van der Waals surface area (Å²) in [6.07, 6.45) is 6.70. The largest absolute Gasteiger partial charge is 0.481 e. The van der Waals surface area contributed by atoms with Gasteiger partial charge >= 0.3 is 5.97 Å². The fourth-order valence-electron chi connectivity index (χ4n) is 3.02. The zero-order valence-corrected chi connectivity index (χ0v) is 13.6. The Morgan fingerprint density at radius 1 is 1.17 bits per heavy atom. The number of furan rings is 1. The Balaban J connectivity index is 1.78. The Labute approximate surface area is 140 Å². The van der Waals surface area contributed by atoms with E-state index in [0.29, 0.717) is 12.8 Å². The molecule has 0 aliphatic heterocycles. The fourth-order valence-corrected chi connectivity index (χ4v) is 3.02. The topological polar surface area (TPSA) is 109 Å². The van der Waals surface area contributed by atoms with Crippen molar-refractivity contribution < 1.29 is 23.9 Å². The predicted molar refractivity (Wildman–Crippen MR) is 86.4 cm³/mol. The molecule has 0 spiro atoms. The number of carboxylic acid groups (broad SMARTS) is 1. The highest BCUT2D eigenvalue weighted by atomic mass is 16.4. The minimum Gasteiger partial charge on any atom is -0.481 e. The second kappa shape index (κ2) is 9.10. The van der Waals surface area contributed by atoms with Crippen LogP contribution in [0.5, 0.6) is 0 Å². The van der Waals surface area contributed by atoms with Gasteiger partial charge in [-0.1, -0.05) is 25.7 Å². The summed E-state index contributed by atoms with van der Waals surface area (Å²) in [5, 5.41) is 14.8. The van der Waals surface area contributed by atoms with E-state index >= 15 is 0 Å². The molecule has 1 saturated carbocycles. The van der Waals surface area contributed by atoms with Crippen molar-refractivity contribution in [3.05, 3.63) is 24.2 Å². The van der Waals surface area contributed by atoms with E-state index in [4.69, 9.17) is 4.42 Å². The summed E-state index contributed by atoms with van der Waals surface area (Å²) in [6, 6.07) is 2.82. The number of amides is 2. The van der Waals surface area contributed by atoms with E-state index in [1.54, 1.807) is 12.1 Å². The van der Waals surface area contributed by atoms with Crippen molar-refractivity contribution in [2.45, 2.75) is 51.0 Å². The molecular weight excluding hydrogens is 312 g/mol. The first-order valence-corrected chi connectivity index (χ1v) is 8.42. The molecule has 24 heavy (non-hydrogen) atoms. The van der Waals surface area contributed by atoms with Gasteiger partial charge in [0.05, 0.1) is 12.2 Å². The zero-order valence-electron chi connectivity index (χ0n) is 13.6. The summed E-state index contributed by atoms with van der Waals surface area (Å²) in [6.45, 7) is 0.176. The van der Waals surface area contributed by atoms with Crippen LogP contribution in [0.25, 0.3) is 0 Å². The highest BCUT2D eigenvalue weighted by Crippen LogP contribution is 2.23. The van der Waals surface area contributed by atoms with Crippen LogP contribution >= 0.6 is 0 Å². The molecule has 1 aromatic rings. The molecule has 7 heteroatoms. The second-order valence-electron chi connectivity index (χ2n) is 6.09. The lowest BCUT2D eigenvalue weighted by atomic mass is 9.86. The van der Waals surface area contributed by atoms with Gasteiger partial charge in [-0.3, -0.25) is 14.4 Å². The first-order valence-electron chi connectivity index (χ1n) is 8.42. The normalized spacial score (nSPS) is 21.3. The molecule has 3 N–H and O–H groups in total. The Bertz CT molecular complexity index is 555. The molecule has 2 atom stereocenters. The Morgan fingerprint density at radius 3 is 2.58 bits per heavy atom. The second-order valence-corrected chi connectivity index (χ2v) is 6.09. The maximum Gasteiger partial charge on any atom is 0.308 e. The Hall–Kier alpha value is -2.31. The molecule has 0 radical (unpaired) electrons. The molecule has 2 rings (SSSR count). The maximum absolute atomic E-state index is 12.1. The smallest absolute Gasteiger partial charge is 0.308 e. The van der Waals surface area contributed by atoms with Gasteiger partial charge in [-0.15, -0.1) is 0 Å². The van der Waals surface area contributed by atoms with Gasteiger partial charge < -0.3 is 20.2 Å². The van der Waals surface area contributed by atoms with Crippen molar-refractivity contribution in [2.75, 3.05) is 6.54 Å². The lowest BCUT2D eigenvalue weighted by Gasteiger charge is -2.27. The van der Waals surface area contributed by atoms with Crippen molar-refractivity contribution in [1.29, 1.82) is 0 Å². The fraction of sp³-hybridized carbons (Fsp3) is 0.588. The molecule has 1 fully saturated rings. The van der Waals surface area contributed by atoms with E-state index in [1.165, 1.54) is 6.26 Å². The first-order chi connectivity index (χ1) is 11.6. The summed E-state index contributed by atoms with van der Waals surface area (Å²) in [7, 11) is 0. The molecule has 7 nitrogen and oxygen atoms in total. The zero-order chi connectivity index (χ0) is 17.4. The van der Waals surface area contributed by atoms with Crippen LogP contribution in [0.2, 0.25) is 0 Å². The number of carboxylic acids is 1. The molecular formula is C17H24N2O5. The van der Waals surface area contributed by atoms with Gasteiger partial charge in [0.15, 0.2) is 5.76 Å². The summed E-state index contributed by atoms with van der Waals surface area (Å²) >= 11 is 0. The third kappa shape index (κ3) is 5.40. The molecule has 2 unspecified atom stereocenters. The summed E-state index contributed by atoms with van der Waals surface area (Å²) in [5.41, 5.74) is 0. The first kappa shape index (κ1) is 18.0. The number of nitrogens with one attached hydrogen (secondary N) is 2. The highest BCUT2D eigenvalue weighted by Gasteiger charge is 2.29. The SMILES string of the molecule is O=C(CCNC(=O)c1ccco1)NC1CCCCCCC1C(=O)O. The minimum absolute atomic E-state index is 0.106. The van der Waals surface area contributed by atoms with Crippen molar-refractivity contribution >= 4 is 17.8 Å². The van der Waals surface area contributed by atoms with Crippen molar-refractivity contribution in [2.24, 2.45) is 5.92 Å². The van der Waals surface area contributed by atoms with Crippen LogP contribution in [0.4, 0.5) is 0 Å². The Morgan fingerprint density at radius 2 is 1.92 bits per heavy atom. The third-order valence-corrected chi connectivity index (χ3v) is 4.31. The summed E-state index contributed by atoms with van der Waals surface area (Å²) in [5.74, 6) is -1.81. The van der Waals surface area contributed by atoms with Crippen LogP contribution in [0.1, 0.15) is 55.5 Å². The maximum atomic E-state index is 12.1. The molecule has 132 valence electrons. The standard InChI is InChI=1S/C17H24N2O5/c20-15(9-10-18-16(21)14-8-5-11-24-14)19-13-7-4-2-1-3-6-12(13)17(22)23/h5,8,11-13H,1-4,6-7,9-10H2,(H,18,21)(H,19,20)(H,22,23). The van der Waals surface area contributed by atoms with E-state index in [0.717, 1.165) is 25.7 Å². The highest BCUT2D eigenvalue weighted by molar-refractivity contribution is 5.91. The number of carbonyl (C=O) groups is 3. The number of hydrogen-bond acceptors (Lipinski definition) is 4. The van der Waals surface area contributed by atoms with Crippen LogP contribution in [0, 0.1) is 5.92 Å². The summed E-state index contributed by atoms with van der Waals surface area (Å²) < 4.78 is 4.96. The Kier molecular flexibility index (Phi) is 6.84. The van der Waals surface area contributed by atoms with E-state index in [9.17, 15) is 19.5 Å². The average molecular weight is 336 g/mol. The molecule has 1 aliphatic carbocycles. The van der Waals surface area contributed by atoms with Gasteiger partial charge in [0.2, 0.25) is 5.91 Å². The van der Waals surface area contributed by atoms with E-state index in [-0.39, 0.29) is 36.6 Å². The molecule has 0 saturated heterocycles. The van der Waals surface area contributed by atoms with E-state index in [1.807, 2.05) is 0 Å². The van der Waals surface area contributed by atoms with Gasteiger partial charge in [-0.05, 0) is 25.0 Å². The van der Waals surface area contributed by atoms with Crippen LogP contribution < -0.4 is 10.6 Å². The van der Waals surface area contributed by atoms with Gasteiger partial charge in [0.25, 0.3) is 5.91 Å². The van der Waals surface area contributed by atoms with E-state index in [2.05, 4.69) is 10.6 Å². The molecule has 1 aliphatic rings. The van der Waals surface area contributed by atoms with Crippen LogP contribution in [0.3, 0.4) is 0 Å². The molecule has 0 bridgehead atoms. The van der Waals surface area contributed by atoms with Crippen LogP contribution in [0.15, 0.2) is 22.8 Å². The molecule has 2 amide bonds. The van der Waals surface area contributed by atoms with Crippen molar-refractivity contribution in [1.82, 2.24) is 10.6 Å². The third-order valence-electron chi connectivity index (χ3n) is 4.31. The number of carbonyl (C=O) groups excluding carboxylic acids is 2. The van der Waals surface area contributed by atoms with Crippen LogP contribution in [-0.4, -0.2) is 35.5 Å². The van der Waals surface area contributed by atoms with Gasteiger partial charge in [-0.25, -0.2) is 0 Å². The number of rotatable bonds is 6. The lowest BCUT2D eigenvalue weighted by Crippen LogP contribution is -2.44. The number of aliphatic carboxylic acids is 1. The average Bonchev–Trinajstić information content (AvgIpc) is 3.04. The van der Waals surface area contributed by atoms with Gasteiger partial charge in [0, 0.05) is 19.0 Å². The number of hydrogen-bond donors (Lipinski definition) is 3. The molecule has 1 aromatic heterocycles. The predicted octanol–water partition coefficient (Wildman–Crippen LogP) is 1.94. The monoisotopic (exact) mass is 336 g/mol. The molecule has 0 aromatic carbocycles. The van der Waals surface area contributed by atoms with Crippen molar-refractivity contribution in [3.8, 4) is 0 Å². The quantitative estimate of drug-likeness (QED) is 0.735. The lowest BCUT2D eigenvalue weighted by molar-refractivity contribution is -0.143. The van der Waals surface area contributed by atoms with Crippen LogP contribution in [-0.2, 0) is 9.59 Å². The summed E-state index contributed by atoms with van der Waals surface area (Å²) in [4.78, 5) is 35.2. The van der Waals surface area contributed by atoms with E-state index < -0.39 is 11.9 Å². The molecule has 1 heterocycles. The van der Waals surface area contributed by atoms with Crippen molar-refractivity contribution in [3.63, 3.8) is 0 Å². The van der Waals surface area contributed by atoms with Gasteiger partial charge in [-0.2, -0.15) is 0 Å². The minimum atomic E-state index is -0.853.